The molecule has 2 N–H and O–H groups in total. The minimum absolute atomic E-state index is 0.392. The van der Waals surface area contributed by atoms with E-state index in [4.69, 9.17) is 5.73 Å². The predicted molar refractivity (Wildman–Crippen MR) is 63.8 cm³/mol. The Morgan fingerprint density at radius 3 is 3.06 bits per heavy atom. The van der Waals surface area contributed by atoms with Gasteiger partial charge in [0.25, 0.3) is 0 Å². The van der Waals surface area contributed by atoms with Gasteiger partial charge in [-0.15, -0.1) is 0 Å². The highest BCUT2D eigenvalue weighted by molar-refractivity contribution is 5.56. The molecule has 2 aromatic rings. The predicted octanol–water partition coefficient (Wildman–Crippen LogP) is 1.85. The van der Waals surface area contributed by atoms with E-state index in [9.17, 15) is 0 Å². The summed E-state index contributed by atoms with van der Waals surface area (Å²) < 4.78 is 2.09. The first-order valence-corrected chi connectivity index (χ1v) is 5.45. The number of nitrogens with two attached hydrogens (primary N) is 1. The van der Waals surface area contributed by atoms with Gasteiger partial charge in [0.05, 0.1) is 12.0 Å². The molecule has 0 aliphatic heterocycles. The van der Waals surface area contributed by atoms with Crippen LogP contribution in [0.25, 0.3) is 11.3 Å². The fourth-order valence-electron chi connectivity index (χ4n) is 1.63. The summed E-state index contributed by atoms with van der Waals surface area (Å²) in [5.41, 5.74) is 7.54. The Kier molecular flexibility index (Phi) is 3.31. The maximum absolute atomic E-state index is 5.54. The highest BCUT2D eigenvalue weighted by Gasteiger charge is 2.06. The molecule has 16 heavy (non-hydrogen) atoms. The molecule has 0 aromatic carbocycles. The summed E-state index contributed by atoms with van der Waals surface area (Å²) in [5, 5.41) is 0. The third-order valence-corrected chi connectivity index (χ3v) is 2.65. The van der Waals surface area contributed by atoms with E-state index in [0.29, 0.717) is 12.6 Å². The molecule has 0 aliphatic rings. The van der Waals surface area contributed by atoms with E-state index in [-0.39, 0.29) is 0 Å². The lowest BCUT2D eigenvalue weighted by Gasteiger charge is -2.10. The fourth-order valence-corrected chi connectivity index (χ4v) is 1.63. The summed E-state index contributed by atoms with van der Waals surface area (Å²) in [7, 11) is 0. The highest BCUT2D eigenvalue weighted by atomic mass is 15.1. The topological polar surface area (TPSA) is 56.7 Å². The SMILES string of the molecule is C[C@@H](CCN)n1cnc(-c2cccnc2)c1. The summed E-state index contributed by atoms with van der Waals surface area (Å²) in [6.45, 7) is 2.84. The molecule has 0 saturated carbocycles. The second-order valence-electron chi connectivity index (χ2n) is 3.87. The maximum Gasteiger partial charge on any atom is 0.0956 e. The van der Waals surface area contributed by atoms with Gasteiger partial charge in [0.2, 0.25) is 0 Å². The van der Waals surface area contributed by atoms with Crippen molar-refractivity contribution in [2.75, 3.05) is 6.54 Å². The first kappa shape index (κ1) is 10.8. The molecule has 0 spiro atoms. The first-order valence-electron chi connectivity index (χ1n) is 5.45. The van der Waals surface area contributed by atoms with Crippen LogP contribution in [0.2, 0.25) is 0 Å². The molecule has 4 heteroatoms. The van der Waals surface area contributed by atoms with E-state index >= 15 is 0 Å². The van der Waals surface area contributed by atoms with Crippen molar-refractivity contribution in [1.82, 2.24) is 14.5 Å². The van der Waals surface area contributed by atoms with Gasteiger partial charge in [0.1, 0.15) is 0 Å². The van der Waals surface area contributed by atoms with E-state index in [1.807, 2.05) is 30.9 Å². The summed E-state index contributed by atoms with van der Waals surface area (Å²) in [6, 6.07) is 4.31. The Balaban J connectivity index is 2.20. The van der Waals surface area contributed by atoms with Crippen LogP contribution in [-0.2, 0) is 0 Å². The Morgan fingerprint density at radius 1 is 1.50 bits per heavy atom. The molecular weight excluding hydrogens is 200 g/mol. The summed E-state index contributed by atoms with van der Waals surface area (Å²) in [5.74, 6) is 0. The summed E-state index contributed by atoms with van der Waals surface area (Å²) >= 11 is 0. The van der Waals surface area contributed by atoms with Crippen LogP contribution in [0.15, 0.2) is 37.1 Å². The summed E-state index contributed by atoms with van der Waals surface area (Å²) in [4.78, 5) is 8.45. The van der Waals surface area contributed by atoms with E-state index in [1.54, 1.807) is 6.20 Å². The normalized spacial score (nSPS) is 12.6. The molecule has 0 aliphatic carbocycles. The third kappa shape index (κ3) is 2.28. The van der Waals surface area contributed by atoms with Gasteiger partial charge in [0.15, 0.2) is 0 Å². The number of nitrogens with zero attached hydrogens (tertiary/aromatic N) is 3. The van der Waals surface area contributed by atoms with Gasteiger partial charge in [-0.05, 0) is 32.0 Å². The molecule has 2 aromatic heterocycles. The number of imidazole rings is 1. The van der Waals surface area contributed by atoms with Crippen LogP contribution in [0.3, 0.4) is 0 Å². The second-order valence-corrected chi connectivity index (χ2v) is 3.87. The van der Waals surface area contributed by atoms with Crippen molar-refractivity contribution in [2.45, 2.75) is 19.4 Å². The quantitative estimate of drug-likeness (QED) is 0.848. The van der Waals surface area contributed by atoms with Crippen LogP contribution >= 0.6 is 0 Å². The van der Waals surface area contributed by atoms with Crippen LogP contribution in [-0.4, -0.2) is 21.1 Å². The number of hydrogen-bond donors (Lipinski definition) is 1. The zero-order chi connectivity index (χ0) is 11.4. The Labute approximate surface area is 95.1 Å². The van der Waals surface area contributed by atoms with Crippen molar-refractivity contribution in [3.63, 3.8) is 0 Å². The van der Waals surface area contributed by atoms with Crippen LogP contribution in [0.5, 0.6) is 0 Å². The van der Waals surface area contributed by atoms with Crippen LogP contribution in [0.4, 0.5) is 0 Å². The number of aromatic nitrogens is 3. The van der Waals surface area contributed by atoms with Crippen LogP contribution in [0, 0.1) is 0 Å². The van der Waals surface area contributed by atoms with E-state index in [1.165, 1.54) is 0 Å². The Bertz CT molecular complexity index is 435. The monoisotopic (exact) mass is 216 g/mol. The first-order chi connectivity index (χ1) is 7.81. The van der Waals surface area contributed by atoms with Gasteiger partial charge in [0, 0.05) is 30.2 Å². The largest absolute Gasteiger partial charge is 0.334 e. The standard InChI is InChI=1S/C12H16N4/c1-10(4-5-13)16-8-12(15-9-16)11-3-2-6-14-7-11/h2-3,6-10H,4-5,13H2,1H3/t10-/m0/s1. The molecule has 0 amide bonds. The van der Waals surface area contributed by atoms with Crippen molar-refractivity contribution in [3.8, 4) is 11.3 Å². The van der Waals surface area contributed by atoms with Gasteiger partial charge in [-0.25, -0.2) is 4.98 Å². The number of rotatable bonds is 4. The fraction of sp³-hybridized carbons (Fsp3) is 0.333. The zero-order valence-corrected chi connectivity index (χ0v) is 9.37. The van der Waals surface area contributed by atoms with Crippen molar-refractivity contribution < 1.29 is 0 Å². The molecule has 2 heterocycles. The lowest BCUT2D eigenvalue weighted by atomic mass is 10.2. The maximum atomic E-state index is 5.54. The Morgan fingerprint density at radius 2 is 2.38 bits per heavy atom. The molecule has 1 atom stereocenters. The lowest BCUT2D eigenvalue weighted by molar-refractivity contribution is 0.513. The molecule has 84 valence electrons. The van der Waals surface area contributed by atoms with Gasteiger partial charge in [-0.2, -0.15) is 0 Å². The molecule has 0 fully saturated rings. The van der Waals surface area contributed by atoms with Gasteiger partial charge < -0.3 is 10.3 Å². The molecule has 2 rings (SSSR count). The minimum Gasteiger partial charge on any atom is -0.334 e. The molecule has 0 saturated heterocycles. The molecule has 0 bridgehead atoms. The summed E-state index contributed by atoms with van der Waals surface area (Å²) in [6.07, 6.45) is 8.43. The minimum atomic E-state index is 0.392. The van der Waals surface area contributed by atoms with Crippen molar-refractivity contribution >= 4 is 0 Å². The number of pyridine rings is 1. The van der Waals surface area contributed by atoms with Gasteiger partial charge in [-0.3, -0.25) is 4.98 Å². The number of hydrogen-bond acceptors (Lipinski definition) is 3. The second kappa shape index (κ2) is 4.90. The van der Waals surface area contributed by atoms with Gasteiger partial charge in [-0.1, -0.05) is 0 Å². The zero-order valence-electron chi connectivity index (χ0n) is 9.37. The molecular formula is C12H16N4. The highest BCUT2D eigenvalue weighted by Crippen LogP contribution is 2.18. The smallest absolute Gasteiger partial charge is 0.0956 e. The van der Waals surface area contributed by atoms with Crippen molar-refractivity contribution in [1.29, 1.82) is 0 Å². The van der Waals surface area contributed by atoms with E-state index in [0.717, 1.165) is 17.7 Å². The average Bonchev–Trinajstić information content (AvgIpc) is 2.80. The van der Waals surface area contributed by atoms with Crippen LogP contribution in [0.1, 0.15) is 19.4 Å². The van der Waals surface area contributed by atoms with Crippen molar-refractivity contribution in [3.05, 3.63) is 37.1 Å². The Hall–Kier alpha value is -1.68. The van der Waals surface area contributed by atoms with Gasteiger partial charge >= 0.3 is 0 Å². The molecule has 4 nitrogen and oxygen atoms in total. The van der Waals surface area contributed by atoms with Crippen molar-refractivity contribution in [2.24, 2.45) is 5.73 Å². The average molecular weight is 216 g/mol. The molecule has 0 radical (unpaired) electrons. The molecule has 0 unspecified atom stereocenters. The van der Waals surface area contributed by atoms with E-state index < -0.39 is 0 Å². The lowest BCUT2D eigenvalue weighted by Crippen LogP contribution is -2.09. The van der Waals surface area contributed by atoms with Crippen LogP contribution < -0.4 is 5.73 Å². The third-order valence-electron chi connectivity index (χ3n) is 2.65. The van der Waals surface area contributed by atoms with E-state index in [2.05, 4.69) is 21.5 Å².